The average Bonchev–Trinajstić information content (AvgIpc) is 2.80. The van der Waals surface area contributed by atoms with Gasteiger partial charge in [-0.05, 0) is 32.5 Å². The zero-order chi connectivity index (χ0) is 9.80. The smallest absolute Gasteiger partial charge is 0.0798 e. The Balaban J connectivity index is 1.96. The number of hydrogen-bond donors (Lipinski definition) is 1. The molecular formula is C10H17N3S. The summed E-state index contributed by atoms with van der Waals surface area (Å²) in [5, 5.41) is 0. The lowest BCUT2D eigenvalue weighted by Gasteiger charge is -2.13. The van der Waals surface area contributed by atoms with Crippen LogP contribution in [0.4, 0.5) is 0 Å². The quantitative estimate of drug-likeness (QED) is 0.815. The summed E-state index contributed by atoms with van der Waals surface area (Å²) in [5.74, 6) is 0. The van der Waals surface area contributed by atoms with Crippen LogP contribution >= 0.6 is 11.3 Å². The van der Waals surface area contributed by atoms with Gasteiger partial charge in [0, 0.05) is 17.8 Å². The normalized spacial score (nSPS) is 17.8. The van der Waals surface area contributed by atoms with Gasteiger partial charge in [0.15, 0.2) is 0 Å². The van der Waals surface area contributed by atoms with Gasteiger partial charge in [-0.25, -0.2) is 4.98 Å². The molecule has 0 radical (unpaired) electrons. The summed E-state index contributed by atoms with van der Waals surface area (Å²) < 4.78 is 0. The van der Waals surface area contributed by atoms with Gasteiger partial charge in [-0.15, -0.1) is 11.3 Å². The minimum absolute atomic E-state index is 0.705. The van der Waals surface area contributed by atoms with Crippen LogP contribution in [0.15, 0.2) is 5.51 Å². The van der Waals surface area contributed by atoms with Crippen molar-refractivity contribution in [2.75, 3.05) is 19.6 Å². The van der Waals surface area contributed by atoms with Crippen LogP contribution < -0.4 is 5.73 Å². The Labute approximate surface area is 88.9 Å². The van der Waals surface area contributed by atoms with Crippen molar-refractivity contribution in [1.29, 1.82) is 0 Å². The number of hydrogen-bond acceptors (Lipinski definition) is 4. The van der Waals surface area contributed by atoms with Crippen LogP contribution in [0.1, 0.15) is 23.4 Å². The first-order valence-electron chi connectivity index (χ1n) is 5.24. The highest BCUT2D eigenvalue weighted by molar-refractivity contribution is 7.09. The molecule has 3 nitrogen and oxygen atoms in total. The maximum Gasteiger partial charge on any atom is 0.0798 e. The highest BCUT2D eigenvalue weighted by Crippen LogP contribution is 2.19. The molecule has 1 aliphatic heterocycles. The first-order valence-corrected chi connectivity index (χ1v) is 6.12. The van der Waals surface area contributed by atoms with Crippen molar-refractivity contribution in [3.63, 3.8) is 0 Å². The fourth-order valence-corrected chi connectivity index (χ4v) is 2.76. The SMILES string of the molecule is NCCc1ncsc1CN1CCCC1. The standard InChI is InChI=1S/C10H17N3S/c11-4-3-9-10(14-8-12-9)7-13-5-1-2-6-13/h8H,1-7,11H2. The van der Waals surface area contributed by atoms with E-state index in [0.29, 0.717) is 6.54 Å². The van der Waals surface area contributed by atoms with Gasteiger partial charge in [0.2, 0.25) is 0 Å². The van der Waals surface area contributed by atoms with E-state index in [9.17, 15) is 0 Å². The number of rotatable bonds is 4. The topological polar surface area (TPSA) is 42.1 Å². The maximum atomic E-state index is 5.55. The van der Waals surface area contributed by atoms with Crippen LogP contribution in [0.25, 0.3) is 0 Å². The Bertz CT molecular complexity index is 279. The summed E-state index contributed by atoms with van der Waals surface area (Å²) in [6, 6.07) is 0. The predicted molar refractivity (Wildman–Crippen MR) is 59.4 cm³/mol. The molecule has 1 aliphatic rings. The lowest BCUT2D eigenvalue weighted by atomic mass is 10.2. The average molecular weight is 211 g/mol. The van der Waals surface area contributed by atoms with Gasteiger partial charge in [0.25, 0.3) is 0 Å². The van der Waals surface area contributed by atoms with E-state index in [-0.39, 0.29) is 0 Å². The van der Waals surface area contributed by atoms with Crippen molar-refractivity contribution >= 4 is 11.3 Å². The molecule has 0 unspecified atom stereocenters. The highest BCUT2D eigenvalue weighted by Gasteiger charge is 2.14. The molecule has 2 heterocycles. The van der Waals surface area contributed by atoms with E-state index in [2.05, 4.69) is 9.88 Å². The summed E-state index contributed by atoms with van der Waals surface area (Å²) in [4.78, 5) is 8.28. The van der Waals surface area contributed by atoms with Crippen molar-refractivity contribution in [1.82, 2.24) is 9.88 Å². The van der Waals surface area contributed by atoms with Gasteiger partial charge in [-0.2, -0.15) is 0 Å². The minimum Gasteiger partial charge on any atom is -0.330 e. The van der Waals surface area contributed by atoms with Crippen LogP contribution in [0.5, 0.6) is 0 Å². The molecule has 0 spiro atoms. The number of nitrogens with two attached hydrogens (primary N) is 1. The molecule has 2 rings (SSSR count). The Hall–Kier alpha value is -0.450. The van der Waals surface area contributed by atoms with E-state index in [1.54, 1.807) is 11.3 Å². The molecule has 0 atom stereocenters. The summed E-state index contributed by atoms with van der Waals surface area (Å²) in [5.41, 5.74) is 8.70. The molecule has 0 aromatic carbocycles. The third kappa shape index (κ3) is 2.32. The van der Waals surface area contributed by atoms with Gasteiger partial charge >= 0.3 is 0 Å². The Morgan fingerprint density at radius 3 is 2.93 bits per heavy atom. The zero-order valence-electron chi connectivity index (χ0n) is 8.41. The molecule has 1 aromatic heterocycles. The molecule has 4 heteroatoms. The van der Waals surface area contributed by atoms with E-state index in [1.807, 2.05) is 5.51 Å². The van der Waals surface area contributed by atoms with E-state index < -0.39 is 0 Å². The molecule has 1 fully saturated rings. The second-order valence-electron chi connectivity index (χ2n) is 3.74. The molecule has 0 aliphatic carbocycles. The Morgan fingerprint density at radius 1 is 1.43 bits per heavy atom. The van der Waals surface area contributed by atoms with E-state index in [1.165, 1.54) is 36.5 Å². The monoisotopic (exact) mass is 211 g/mol. The molecule has 1 saturated heterocycles. The number of thiazole rings is 1. The second kappa shape index (κ2) is 4.87. The van der Waals surface area contributed by atoms with Crippen molar-refractivity contribution in [2.24, 2.45) is 5.73 Å². The van der Waals surface area contributed by atoms with Gasteiger partial charge in [-0.3, -0.25) is 4.90 Å². The molecule has 2 N–H and O–H groups in total. The van der Waals surface area contributed by atoms with Crippen molar-refractivity contribution in [3.8, 4) is 0 Å². The van der Waals surface area contributed by atoms with E-state index in [4.69, 9.17) is 5.73 Å². The first kappa shape index (κ1) is 10.1. The van der Waals surface area contributed by atoms with E-state index in [0.717, 1.165) is 13.0 Å². The summed E-state index contributed by atoms with van der Waals surface area (Å²) in [7, 11) is 0. The lowest BCUT2D eigenvalue weighted by Crippen LogP contribution is -2.19. The maximum absolute atomic E-state index is 5.55. The van der Waals surface area contributed by atoms with E-state index >= 15 is 0 Å². The van der Waals surface area contributed by atoms with Crippen LogP contribution in [-0.4, -0.2) is 29.5 Å². The van der Waals surface area contributed by atoms with Crippen LogP contribution in [0.2, 0.25) is 0 Å². The molecule has 0 amide bonds. The third-order valence-corrected chi connectivity index (χ3v) is 3.53. The van der Waals surface area contributed by atoms with Crippen LogP contribution in [0, 0.1) is 0 Å². The van der Waals surface area contributed by atoms with Crippen molar-refractivity contribution < 1.29 is 0 Å². The molecule has 0 saturated carbocycles. The fourth-order valence-electron chi connectivity index (χ4n) is 1.91. The largest absolute Gasteiger partial charge is 0.330 e. The van der Waals surface area contributed by atoms with Crippen molar-refractivity contribution in [3.05, 3.63) is 16.1 Å². The van der Waals surface area contributed by atoms with Crippen LogP contribution in [0.3, 0.4) is 0 Å². The second-order valence-corrected chi connectivity index (χ2v) is 4.68. The van der Waals surface area contributed by atoms with Gasteiger partial charge < -0.3 is 5.73 Å². The molecule has 78 valence electrons. The lowest BCUT2D eigenvalue weighted by molar-refractivity contribution is 0.333. The fraction of sp³-hybridized carbons (Fsp3) is 0.700. The van der Waals surface area contributed by atoms with Crippen LogP contribution in [-0.2, 0) is 13.0 Å². The molecule has 0 bridgehead atoms. The van der Waals surface area contributed by atoms with Gasteiger partial charge in [0.05, 0.1) is 11.2 Å². The summed E-state index contributed by atoms with van der Waals surface area (Å²) in [6.07, 6.45) is 3.63. The highest BCUT2D eigenvalue weighted by atomic mass is 32.1. The molecule has 1 aromatic rings. The van der Waals surface area contributed by atoms with Gasteiger partial charge in [-0.1, -0.05) is 0 Å². The summed E-state index contributed by atoms with van der Waals surface area (Å²) in [6.45, 7) is 4.29. The zero-order valence-corrected chi connectivity index (χ0v) is 9.22. The Morgan fingerprint density at radius 2 is 2.21 bits per heavy atom. The third-order valence-electron chi connectivity index (χ3n) is 2.67. The summed E-state index contributed by atoms with van der Waals surface area (Å²) >= 11 is 1.77. The van der Waals surface area contributed by atoms with Gasteiger partial charge in [0.1, 0.15) is 0 Å². The number of nitrogens with zero attached hydrogens (tertiary/aromatic N) is 2. The number of likely N-dealkylation sites (tertiary alicyclic amines) is 1. The molecular weight excluding hydrogens is 194 g/mol. The first-order chi connectivity index (χ1) is 6.90. The minimum atomic E-state index is 0.705. The predicted octanol–water partition coefficient (Wildman–Crippen LogP) is 1.24. The Kier molecular flexibility index (Phi) is 3.50. The number of aromatic nitrogens is 1. The molecule has 14 heavy (non-hydrogen) atoms. The van der Waals surface area contributed by atoms with Crippen molar-refractivity contribution in [2.45, 2.75) is 25.8 Å².